The molecule has 0 saturated carbocycles. The number of piperidine rings is 1. The first-order chi connectivity index (χ1) is 4.93. The molecule has 1 fully saturated rings. The predicted octanol–water partition coefficient (Wildman–Crippen LogP) is 1.17. The minimum absolute atomic E-state index is 0.494. The second-order valence-electron chi connectivity index (χ2n) is 2.84. The molecule has 1 heterocycles. The van der Waals surface area contributed by atoms with Crippen molar-refractivity contribution in [3.63, 3.8) is 0 Å². The number of hydrogen-bond donors (Lipinski definition) is 1. The van der Waals surface area contributed by atoms with Crippen molar-refractivity contribution >= 4 is 0 Å². The van der Waals surface area contributed by atoms with Gasteiger partial charge in [0.05, 0.1) is 6.10 Å². The van der Waals surface area contributed by atoms with E-state index in [4.69, 9.17) is 4.74 Å². The first-order valence-corrected chi connectivity index (χ1v) is 4.26. The number of rotatable bonds is 3. The van der Waals surface area contributed by atoms with Gasteiger partial charge in [0.2, 0.25) is 0 Å². The maximum absolute atomic E-state index is 5.57. The van der Waals surface area contributed by atoms with Crippen LogP contribution in [0.2, 0.25) is 0 Å². The molecule has 0 aliphatic carbocycles. The fourth-order valence-corrected chi connectivity index (χ4v) is 1.25. The van der Waals surface area contributed by atoms with Crippen LogP contribution >= 0.6 is 0 Å². The summed E-state index contributed by atoms with van der Waals surface area (Å²) in [6.07, 6.45) is 4.14. The lowest BCUT2D eigenvalue weighted by Crippen LogP contribution is -2.35. The molecule has 1 rings (SSSR count). The topological polar surface area (TPSA) is 21.3 Å². The van der Waals surface area contributed by atoms with Crippen molar-refractivity contribution in [3.05, 3.63) is 0 Å². The summed E-state index contributed by atoms with van der Waals surface area (Å²) in [4.78, 5) is 0. The lowest BCUT2D eigenvalue weighted by atomic mass is 10.1. The van der Waals surface area contributed by atoms with Gasteiger partial charge in [0.1, 0.15) is 0 Å². The van der Waals surface area contributed by atoms with Gasteiger partial charge in [-0.2, -0.15) is 0 Å². The molecular formula is C8H17NO. The van der Waals surface area contributed by atoms with Crippen molar-refractivity contribution in [2.45, 2.75) is 32.3 Å². The Bertz CT molecular complexity index is 79.3. The fraction of sp³-hybridized carbons (Fsp3) is 1.00. The molecule has 2 heteroatoms. The highest BCUT2D eigenvalue weighted by atomic mass is 16.5. The highest BCUT2D eigenvalue weighted by Gasteiger charge is 2.11. The lowest BCUT2D eigenvalue weighted by Gasteiger charge is -2.22. The van der Waals surface area contributed by atoms with Gasteiger partial charge in [-0.3, -0.25) is 0 Å². The molecule has 0 aromatic rings. The average Bonchev–Trinajstić information content (AvgIpc) is 2.03. The minimum atomic E-state index is 0.494. The van der Waals surface area contributed by atoms with Gasteiger partial charge in [-0.25, -0.2) is 0 Å². The molecule has 10 heavy (non-hydrogen) atoms. The molecule has 1 aliphatic rings. The number of ether oxygens (including phenoxy) is 1. The molecule has 0 aromatic carbocycles. The van der Waals surface area contributed by atoms with Gasteiger partial charge in [-0.15, -0.1) is 0 Å². The Labute approximate surface area is 63.0 Å². The first kappa shape index (κ1) is 8.02. The van der Waals surface area contributed by atoms with Crippen molar-refractivity contribution in [1.29, 1.82) is 0 Å². The fourth-order valence-electron chi connectivity index (χ4n) is 1.25. The zero-order valence-electron chi connectivity index (χ0n) is 6.73. The largest absolute Gasteiger partial charge is 0.377 e. The summed E-state index contributed by atoms with van der Waals surface area (Å²) < 4.78 is 5.57. The maximum Gasteiger partial charge on any atom is 0.0699 e. The van der Waals surface area contributed by atoms with E-state index in [0.29, 0.717) is 6.10 Å². The van der Waals surface area contributed by atoms with Gasteiger partial charge in [0.25, 0.3) is 0 Å². The Morgan fingerprint density at radius 2 is 2.50 bits per heavy atom. The van der Waals surface area contributed by atoms with Crippen molar-refractivity contribution in [2.24, 2.45) is 0 Å². The Morgan fingerprint density at radius 3 is 3.10 bits per heavy atom. The Hall–Kier alpha value is -0.0800. The van der Waals surface area contributed by atoms with Crippen LogP contribution in [0.3, 0.4) is 0 Å². The summed E-state index contributed by atoms with van der Waals surface area (Å²) in [5.74, 6) is 0. The summed E-state index contributed by atoms with van der Waals surface area (Å²) in [7, 11) is 0. The molecule has 60 valence electrons. The van der Waals surface area contributed by atoms with E-state index < -0.39 is 0 Å². The molecule has 1 atom stereocenters. The third-order valence-electron chi connectivity index (χ3n) is 1.81. The molecule has 0 bridgehead atoms. The van der Waals surface area contributed by atoms with Crippen LogP contribution < -0.4 is 5.32 Å². The van der Waals surface area contributed by atoms with E-state index >= 15 is 0 Å². The van der Waals surface area contributed by atoms with E-state index in [-0.39, 0.29) is 0 Å². The monoisotopic (exact) mass is 143 g/mol. The smallest absolute Gasteiger partial charge is 0.0699 e. The maximum atomic E-state index is 5.57. The van der Waals surface area contributed by atoms with E-state index in [1.54, 1.807) is 0 Å². The van der Waals surface area contributed by atoms with Crippen LogP contribution in [0.4, 0.5) is 0 Å². The van der Waals surface area contributed by atoms with Gasteiger partial charge in [0, 0.05) is 13.2 Å². The van der Waals surface area contributed by atoms with Crippen LogP contribution in [0.5, 0.6) is 0 Å². The van der Waals surface area contributed by atoms with Crippen LogP contribution in [0.15, 0.2) is 0 Å². The normalized spacial score (nSPS) is 26.7. The van der Waals surface area contributed by atoms with Crippen LogP contribution in [-0.4, -0.2) is 25.8 Å². The molecule has 1 saturated heterocycles. The van der Waals surface area contributed by atoms with Gasteiger partial charge >= 0.3 is 0 Å². The summed E-state index contributed by atoms with van der Waals surface area (Å²) in [6.45, 7) is 5.30. The van der Waals surface area contributed by atoms with E-state index in [9.17, 15) is 0 Å². The zero-order valence-corrected chi connectivity index (χ0v) is 6.73. The second kappa shape index (κ2) is 4.69. The van der Waals surface area contributed by atoms with Gasteiger partial charge in [0.15, 0.2) is 0 Å². The Kier molecular flexibility index (Phi) is 3.76. The Morgan fingerprint density at radius 1 is 1.60 bits per heavy atom. The van der Waals surface area contributed by atoms with Crippen molar-refractivity contribution in [3.8, 4) is 0 Å². The summed E-state index contributed by atoms with van der Waals surface area (Å²) in [5, 5.41) is 3.32. The van der Waals surface area contributed by atoms with Gasteiger partial charge in [-0.1, -0.05) is 6.92 Å². The van der Waals surface area contributed by atoms with Crippen LogP contribution in [0, 0.1) is 0 Å². The molecule has 2 nitrogen and oxygen atoms in total. The van der Waals surface area contributed by atoms with E-state index in [1.165, 1.54) is 19.4 Å². The number of nitrogens with one attached hydrogen (secondary N) is 1. The summed E-state index contributed by atoms with van der Waals surface area (Å²) >= 11 is 0. The standard InChI is InChI=1S/C8H17NO/c1-2-6-10-8-4-3-5-9-7-8/h8-9H,2-7H2,1H3. The van der Waals surface area contributed by atoms with E-state index in [2.05, 4.69) is 12.2 Å². The van der Waals surface area contributed by atoms with Gasteiger partial charge in [-0.05, 0) is 25.8 Å². The van der Waals surface area contributed by atoms with Gasteiger partial charge < -0.3 is 10.1 Å². The number of hydrogen-bond acceptors (Lipinski definition) is 2. The van der Waals surface area contributed by atoms with Crippen molar-refractivity contribution < 1.29 is 4.74 Å². The summed E-state index contributed by atoms with van der Waals surface area (Å²) in [5.41, 5.74) is 0. The molecule has 0 radical (unpaired) electrons. The molecule has 0 aromatic heterocycles. The van der Waals surface area contributed by atoms with Crippen LogP contribution in [-0.2, 0) is 4.74 Å². The summed E-state index contributed by atoms with van der Waals surface area (Å²) in [6, 6.07) is 0. The van der Waals surface area contributed by atoms with E-state index in [0.717, 1.165) is 19.6 Å². The Balaban J connectivity index is 2.02. The molecular weight excluding hydrogens is 126 g/mol. The highest BCUT2D eigenvalue weighted by molar-refractivity contribution is 4.68. The molecule has 1 N–H and O–H groups in total. The zero-order chi connectivity index (χ0) is 7.23. The third-order valence-corrected chi connectivity index (χ3v) is 1.81. The highest BCUT2D eigenvalue weighted by Crippen LogP contribution is 2.05. The average molecular weight is 143 g/mol. The van der Waals surface area contributed by atoms with E-state index in [1.807, 2.05) is 0 Å². The first-order valence-electron chi connectivity index (χ1n) is 4.26. The lowest BCUT2D eigenvalue weighted by molar-refractivity contribution is 0.0375. The predicted molar refractivity (Wildman–Crippen MR) is 42.1 cm³/mol. The van der Waals surface area contributed by atoms with Crippen molar-refractivity contribution in [2.75, 3.05) is 19.7 Å². The SMILES string of the molecule is CCCOC1CCCNC1. The van der Waals surface area contributed by atoms with Crippen LogP contribution in [0.25, 0.3) is 0 Å². The molecule has 0 amide bonds. The van der Waals surface area contributed by atoms with Crippen molar-refractivity contribution in [1.82, 2.24) is 5.32 Å². The molecule has 1 unspecified atom stereocenters. The quantitative estimate of drug-likeness (QED) is 0.640. The second-order valence-corrected chi connectivity index (χ2v) is 2.84. The minimum Gasteiger partial charge on any atom is -0.377 e. The molecule has 1 aliphatic heterocycles. The third kappa shape index (κ3) is 2.67. The van der Waals surface area contributed by atoms with Crippen LogP contribution in [0.1, 0.15) is 26.2 Å². The molecule has 0 spiro atoms.